The van der Waals surface area contributed by atoms with Crippen LogP contribution in [-0.4, -0.2) is 27.4 Å². The van der Waals surface area contributed by atoms with Crippen LogP contribution in [0.25, 0.3) is 0 Å². The van der Waals surface area contributed by atoms with Gasteiger partial charge in [0.2, 0.25) is 11.9 Å². The number of primary amides is 1. The fraction of sp³-hybridized carbons (Fsp3) is 0.375. The minimum absolute atomic E-state index is 0.191. The standard InChI is InChI=1S/C16H19N5O/c17-15(22)8-7-12-4-1-5-13(20-12)14-6-2-11-21(14)16-18-9-3-10-19-16/h1,3-5,9-10,14H,2,6-8,11H2,(H2,17,22)/t14-/m0/s1. The SMILES string of the molecule is NC(=O)CCc1cccc([C@@H]2CCCN2c2ncccn2)n1. The summed E-state index contributed by atoms with van der Waals surface area (Å²) in [6, 6.07) is 7.96. The van der Waals surface area contributed by atoms with Crippen LogP contribution in [0, 0.1) is 0 Å². The average molecular weight is 297 g/mol. The number of aromatic nitrogens is 3. The molecule has 1 aliphatic rings. The maximum atomic E-state index is 10.9. The van der Waals surface area contributed by atoms with E-state index in [0.29, 0.717) is 12.8 Å². The molecular formula is C16H19N5O. The molecule has 0 aliphatic carbocycles. The Bertz CT molecular complexity index is 646. The van der Waals surface area contributed by atoms with E-state index >= 15 is 0 Å². The van der Waals surface area contributed by atoms with Gasteiger partial charge in [0, 0.05) is 31.1 Å². The zero-order valence-electron chi connectivity index (χ0n) is 12.4. The number of nitrogens with zero attached hydrogens (tertiary/aromatic N) is 4. The van der Waals surface area contributed by atoms with Crippen LogP contribution >= 0.6 is 0 Å². The summed E-state index contributed by atoms with van der Waals surface area (Å²) in [4.78, 5) is 26.5. The van der Waals surface area contributed by atoms with Crippen molar-refractivity contribution >= 4 is 11.9 Å². The maximum Gasteiger partial charge on any atom is 0.225 e. The highest BCUT2D eigenvalue weighted by Crippen LogP contribution is 2.33. The maximum absolute atomic E-state index is 10.9. The summed E-state index contributed by atoms with van der Waals surface area (Å²) in [6.45, 7) is 0.932. The van der Waals surface area contributed by atoms with Gasteiger partial charge in [0.05, 0.1) is 11.7 Å². The van der Waals surface area contributed by atoms with Gasteiger partial charge in [0.1, 0.15) is 0 Å². The predicted molar refractivity (Wildman–Crippen MR) is 83.1 cm³/mol. The Morgan fingerprint density at radius 1 is 1.27 bits per heavy atom. The predicted octanol–water partition coefficient (Wildman–Crippen LogP) is 1.63. The molecular weight excluding hydrogens is 278 g/mol. The molecule has 1 aliphatic heterocycles. The Balaban J connectivity index is 1.80. The molecule has 1 atom stereocenters. The first-order chi connectivity index (χ1) is 10.7. The van der Waals surface area contributed by atoms with E-state index in [1.807, 2.05) is 24.3 Å². The lowest BCUT2D eigenvalue weighted by Gasteiger charge is -2.24. The van der Waals surface area contributed by atoms with Crippen molar-refractivity contribution in [2.45, 2.75) is 31.7 Å². The van der Waals surface area contributed by atoms with Crippen LogP contribution in [0.4, 0.5) is 5.95 Å². The molecule has 1 fully saturated rings. The molecule has 0 aromatic carbocycles. The highest BCUT2D eigenvalue weighted by atomic mass is 16.1. The van der Waals surface area contributed by atoms with Crippen LogP contribution in [0.3, 0.4) is 0 Å². The van der Waals surface area contributed by atoms with Gasteiger partial charge in [0.25, 0.3) is 0 Å². The van der Waals surface area contributed by atoms with E-state index in [4.69, 9.17) is 10.7 Å². The van der Waals surface area contributed by atoms with E-state index in [1.54, 1.807) is 12.4 Å². The van der Waals surface area contributed by atoms with Crippen LogP contribution in [0.2, 0.25) is 0 Å². The van der Waals surface area contributed by atoms with Crippen molar-refractivity contribution < 1.29 is 4.79 Å². The Hall–Kier alpha value is -2.50. The number of pyridine rings is 1. The van der Waals surface area contributed by atoms with Gasteiger partial charge in [-0.15, -0.1) is 0 Å². The summed E-state index contributed by atoms with van der Waals surface area (Å²) in [7, 11) is 0. The van der Waals surface area contributed by atoms with E-state index in [2.05, 4.69) is 14.9 Å². The van der Waals surface area contributed by atoms with Crippen molar-refractivity contribution in [3.05, 3.63) is 48.0 Å². The van der Waals surface area contributed by atoms with Gasteiger partial charge in [0.15, 0.2) is 0 Å². The number of hydrogen-bond acceptors (Lipinski definition) is 5. The summed E-state index contributed by atoms with van der Waals surface area (Å²) < 4.78 is 0. The molecule has 2 aromatic rings. The van der Waals surface area contributed by atoms with Gasteiger partial charge in [-0.05, 0) is 37.5 Å². The first-order valence-corrected chi connectivity index (χ1v) is 7.52. The molecule has 3 heterocycles. The van der Waals surface area contributed by atoms with E-state index in [-0.39, 0.29) is 11.9 Å². The number of rotatable bonds is 5. The van der Waals surface area contributed by atoms with Gasteiger partial charge >= 0.3 is 0 Å². The summed E-state index contributed by atoms with van der Waals surface area (Å²) in [5, 5.41) is 0. The molecule has 3 rings (SSSR count). The van der Waals surface area contributed by atoms with Gasteiger partial charge < -0.3 is 10.6 Å². The Morgan fingerprint density at radius 2 is 2.09 bits per heavy atom. The highest BCUT2D eigenvalue weighted by Gasteiger charge is 2.28. The molecule has 2 N–H and O–H groups in total. The summed E-state index contributed by atoms with van der Waals surface area (Å²) in [6.07, 6.45) is 6.55. The molecule has 6 heteroatoms. The number of amides is 1. The van der Waals surface area contributed by atoms with Gasteiger partial charge in [-0.3, -0.25) is 9.78 Å². The lowest BCUT2D eigenvalue weighted by atomic mass is 10.1. The van der Waals surface area contributed by atoms with E-state index in [9.17, 15) is 4.79 Å². The molecule has 1 amide bonds. The van der Waals surface area contributed by atoms with Crippen molar-refractivity contribution in [1.29, 1.82) is 0 Å². The monoisotopic (exact) mass is 297 g/mol. The van der Waals surface area contributed by atoms with Crippen molar-refractivity contribution in [2.24, 2.45) is 5.73 Å². The number of nitrogens with two attached hydrogens (primary N) is 1. The Kier molecular flexibility index (Phi) is 4.27. The Labute approximate surface area is 129 Å². The van der Waals surface area contributed by atoms with Crippen LogP contribution < -0.4 is 10.6 Å². The fourth-order valence-electron chi connectivity index (χ4n) is 2.83. The molecule has 0 saturated carbocycles. The molecule has 1 saturated heterocycles. The Morgan fingerprint density at radius 3 is 2.86 bits per heavy atom. The zero-order valence-corrected chi connectivity index (χ0v) is 12.4. The molecule has 114 valence electrons. The second-order valence-corrected chi connectivity index (χ2v) is 5.42. The molecule has 6 nitrogen and oxygen atoms in total. The lowest BCUT2D eigenvalue weighted by Crippen LogP contribution is -2.25. The van der Waals surface area contributed by atoms with E-state index in [0.717, 1.165) is 36.7 Å². The molecule has 2 aromatic heterocycles. The summed E-state index contributed by atoms with van der Waals surface area (Å²) in [5.74, 6) is 0.446. The van der Waals surface area contributed by atoms with Crippen LogP contribution in [0.5, 0.6) is 0 Å². The first kappa shape index (κ1) is 14.4. The average Bonchev–Trinajstić information content (AvgIpc) is 3.04. The van der Waals surface area contributed by atoms with Crippen molar-refractivity contribution in [3.8, 4) is 0 Å². The van der Waals surface area contributed by atoms with E-state index in [1.165, 1.54) is 0 Å². The zero-order chi connectivity index (χ0) is 15.4. The highest BCUT2D eigenvalue weighted by molar-refractivity contribution is 5.73. The second kappa shape index (κ2) is 6.51. The third-order valence-corrected chi connectivity index (χ3v) is 3.86. The van der Waals surface area contributed by atoms with Crippen molar-refractivity contribution in [2.75, 3.05) is 11.4 Å². The molecule has 0 radical (unpaired) electrons. The second-order valence-electron chi connectivity index (χ2n) is 5.42. The van der Waals surface area contributed by atoms with Gasteiger partial charge in [-0.2, -0.15) is 0 Å². The van der Waals surface area contributed by atoms with E-state index < -0.39 is 0 Å². The number of hydrogen-bond donors (Lipinski definition) is 1. The number of anilines is 1. The topological polar surface area (TPSA) is 85.0 Å². The van der Waals surface area contributed by atoms with Crippen molar-refractivity contribution in [1.82, 2.24) is 15.0 Å². The summed E-state index contributed by atoms with van der Waals surface area (Å²) >= 11 is 0. The van der Waals surface area contributed by atoms with Crippen LogP contribution in [0.1, 0.15) is 36.7 Å². The third-order valence-electron chi connectivity index (χ3n) is 3.86. The van der Waals surface area contributed by atoms with Gasteiger partial charge in [-0.25, -0.2) is 9.97 Å². The molecule has 0 bridgehead atoms. The minimum Gasteiger partial charge on any atom is -0.370 e. The van der Waals surface area contributed by atoms with Crippen molar-refractivity contribution in [3.63, 3.8) is 0 Å². The first-order valence-electron chi connectivity index (χ1n) is 7.52. The number of aryl methyl sites for hydroxylation is 1. The number of carbonyl (C=O) groups is 1. The number of carbonyl (C=O) groups excluding carboxylic acids is 1. The van der Waals surface area contributed by atoms with Crippen LogP contribution in [0.15, 0.2) is 36.7 Å². The molecule has 22 heavy (non-hydrogen) atoms. The smallest absolute Gasteiger partial charge is 0.225 e. The lowest BCUT2D eigenvalue weighted by molar-refractivity contribution is -0.118. The molecule has 0 unspecified atom stereocenters. The quantitative estimate of drug-likeness (QED) is 0.906. The molecule has 0 spiro atoms. The third kappa shape index (κ3) is 3.21. The normalized spacial score (nSPS) is 17.6. The summed E-state index contributed by atoms with van der Waals surface area (Å²) in [5.41, 5.74) is 7.11. The minimum atomic E-state index is -0.299. The largest absolute Gasteiger partial charge is 0.370 e. The fourth-order valence-corrected chi connectivity index (χ4v) is 2.83. The van der Waals surface area contributed by atoms with Gasteiger partial charge in [-0.1, -0.05) is 6.07 Å². The van der Waals surface area contributed by atoms with Crippen LogP contribution in [-0.2, 0) is 11.2 Å².